The molecule has 2 heterocycles. The number of carbonyl (C=O) groups is 3. The van der Waals surface area contributed by atoms with Crippen LogP contribution in [0.4, 0.5) is 5.69 Å². The first kappa shape index (κ1) is 21.4. The van der Waals surface area contributed by atoms with Crippen molar-refractivity contribution in [2.45, 2.75) is 33.1 Å². The lowest BCUT2D eigenvalue weighted by molar-refractivity contribution is -0.123. The van der Waals surface area contributed by atoms with Crippen LogP contribution in [0.25, 0.3) is 11.0 Å². The predicted molar refractivity (Wildman–Crippen MR) is 123 cm³/mol. The van der Waals surface area contributed by atoms with E-state index in [-0.39, 0.29) is 39.5 Å². The number of aromatic hydroxyl groups is 2. The molecule has 0 spiro atoms. The number of H-pyrrole nitrogens is 1. The first-order valence-electron chi connectivity index (χ1n) is 10.6. The van der Waals surface area contributed by atoms with Crippen LogP contribution in [0.2, 0.25) is 0 Å². The molecular formula is C25H21N3O6. The Balaban J connectivity index is 1.66. The number of benzene rings is 2. The number of ether oxygens (including phenoxy) is 1. The van der Waals surface area contributed by atoms with Crippen molar-refractivity contribution in [3.8, 4) is 17.2 Å². The molecule has 3 aromatic rings. The predicted octanol–water partition coefficient (Wildman–Crippen LogP) is 3.56. The average molecular weight is 459 g/mol. The van der Waals surface area contributed by atoms with Crippen molar-refractivity contribution >= 4 is 34.1 Å². The molecule has 34 heavy (non-hydrogen) atoms. The molecule has 172 valence electrons. The molecule has 9 heteroatoms. The maximum absolute atomic E-state index is 13.8. The van der Waals surface area contributed by atoms with Gasteiger partial charge in [0.2, 0.25) is 0 Å². The van der Waals surface area contributed by atoms with Gasteiger partial charge < -0.3 is 25.3 Å². The molecule has 0 radical (unpaired) electrons. The minimum Gasteiger partial charge on any atom is -0.507 e. The SMILES string of the molecule is CC(=O)c1c(O)c(C)c(O)c2c1OC1=CC(=O)C(=C(C)Nc3ccc4nc[nH]c4c3)C(=O)[C@@]12C. The average Bonchev–Trinajstić information content (AvgIpc) is 3.34. The van der Waals surface area contributed by atoms with Crippen LogP contribution in [0.1, 0.15) is 42.3 Å². The highest BCUT2D eigenvalue weighted by Gasteiger charge is 2.56. The van der Waals surface area contributed by atoms with Crippen molar-refractivity contribution in [3.05, 3.63) is 64.3 Å². The first-order valence-corrected chi connectivity index (χ1v) is 10.6. The zero-order chi connectivity index (χ0) is 24.5. The third-order valence-corrected chi connectivity index (χ3v) is 6.51. The van der Waals surface area contributed by atoms with E-state index in [9.17, 15) is 24.6 Å². The van der Waals surface area contributed by atoms with Gasteiger partial charge in [-0.25, -0.2) is 4.98 Å². The van der Waals surface area contributed by atoms with E-state index in [0.717, 1.165) is 11.0 Å². The third kappa shape index (κ3) is 2.73. The summed E-state index contributed by atoms with van der Waals surface area (Å²) in [6.45, 7) is 5.83. The van der Waals surface area contributed by atoms with Crippen molar-refractivity contribution in [1.82, 2.24) is 9.97 Å². The van der Waals surface area contributed by atoms with Gasteiger partial charge in [-0.2, -0.15) is 0 Å². The van der Waals surface area contributed by atoms with Crippen LogP contribution in [-0.4, -0.2) is 37.5 Å². The minimum atomic E-state index is -1.55. The second-order valence-electron chi connectivity index (χ2n) is 8.65. The molecule has 1 aliphatic heterocycles. The zero-order valence-electron chi connectivity index (χ0n) is 18.9. The topological polar surface area (TPSA) is 142 Å². The Labute approximate surface area is 193 Å². The van der Waals surface area contributed by atoms with Gasteiger partial charge in [-0.3, -0.25) is 14.4 Å². The molecule has 2 aliphatic rings. The molecule has 0 unspecified atom stereocenters. The Morgan fingerprint density at radius 2 is 1.91 bits per heavy atom. The summed E-state index contributed by atoms with van der Waals surface area (Å²) in [5, 5.41) is 24.4. The van der Waals surface area contributed by atoms with Crippen molar-refractivity contribution in [3.63, 3.8) is 0 Å². The number of phenolic OH excluding ortho intramolecular Hbond substituents is 2. The van der Waals surface area contributed by atoms with Gasteiger partial charge in [-0.05, 0) is 45.9 Å². The molecule has 1 aromatic heterocycles. The molecule has 2 aromatic carbocycles. The molecule has 1 aliphatic carbocycles. The summed E-state index contributed by atoms with van der Waals surface area (Å²) >= 11 is 0. The van der Waals surface area contributed by atoms with Crippen molar-refractivity contribution < 1.29 is 29.3 Å². The molecule has 0 saturated heterocycles. The number of hydrogen-bond donors (Lipinski definition) is 4. The summed E-state index contributed by atoms with van der Waals surface area (Å²) in [5.74, 6) is -2.55. The van der Waals surface area contributed by atoms with Gasteiger partial charge in [0, 0.05) is 23.0 Å². The lowest BCUT2D eigenvalue weighted by atomic mass is 9.70. The number of nitrogens with zero attached hydrogens (tertiary/aromatic N) is 1. The highest BCUT2D eigenvalue weighted by molar-refractivity contribution is 6.31. The largest absolute Gasteiger partial charge is 0.507 e. The van der Waals surface area contributed by atoms with E-state index < -0.39 is 28.5 Å². The number of fused-ring (bicyclic) bond motifs is 4. The second kappa shape index (κ2) is 7.05. The molecule has 1 atom stereocenters. The van der Waals surface area contributed by atoms with E-state index in [2.05, 4.69) is 15.3 Å². The zero-order valence-corrected chi connectivity index (χ0v) is 18.9. The van der Waals surface area contributed by atoms with Crippen LogP contribution in [0.15, 0.2) is 47.6 Å². The lowest BCUT2D eigenvalue weighted by Gasteiger charge is -2.29. The van der Waals surface area contributed by atoms with Crippen LogP contribution in [0.3, 0.4) is 0 Å². The number of ketones is 3. The van der Waals surface area contributed by atoms with Gasteiger partial charge in [0.25, 0.3) is 0 Å². The standard InChI is InChI=1S/C25H21N3O6/c1-10-21(31)19(12(3)29)23-20(22(10)32)25(4)17(34-23)8-16(30)18(24(25)33)11(2)28-13-5-6-14-15(7-13)27-9-26-14/h5-9,28,31-32H,1-4H3,(H,26,27)/t25-/m0/s1. The minimum absolute atomic E-state index is 0.00395. The number of anilines is 1. The molecule has 5 rings (SSSR count). The van der Waals surface area contributed by atoms with E-state index >= 15 is 0 Å². The Morgan fingerprint density at radius 1 is 1.18 bits per heavy atom. The number of hydrogen-bond acceptors (Lipinski definition) is 8. The molecule has 0 bridgehead atoms. The molecular weight excluding hydrogens is 438 g/mol. The van der Waals surface area contributed by atoms with Gasteiger partial charge in [0.15, 0.2) is 17.3 Å². The van der Waals surface area contributed by atoms with Crippen LogP contribution in [0, 0.1) is 6.92 Å². The molecule has 0 amide bonds. The van der Waals surface area contributed by atoms with E-state index in [0.29, 0.717) is 11.4 Å². The van der Waals surface area contributed by atoms with Crippen LogP contribution in [-0.2, 0) is 15.0 Å². The molecule has 0 saturated carbocycles. The highest BCUT2D eigenvalue weighted by atomic mass is 16.5. The number of carbonyl (C=O) groups excluding carboxylic acids is 3. The fraction of sp³-hybridized carbons (Fsp3) is 0.200. The summed E-state index contributed by atoms with van der Waals surface area (Å²) in [6.07, 6.45) is 2.76. The van der Waals surface area contributed by atoms with E-state index in [1.54, 1.807) is 31.5 Å². The van der Waals surface area contributed by atoms with Crippen LogP contribution < -0.4 is 10.1 Å². The van der Waals surface area contributed by atoms with Crippen LogP contribution >= 0.6 is 0 Å². The summed E-state index contributed by atoms with van der Waals surface area (Å²) < 4.78 is 5.77. The number of Topliss-reactive ketones (excluding diaryl/α,β-unsaturated/α-hetero) is 2. The summed E-state index contributed by atoms with van der Waals surface area (Å²) in [6, 6.07) is 5.38. The fourth-order valence-corrected chi connectivity index (χ4v) is 4.65. The summed E-state index contributed by atoms with van der Waals surface area (Å²) in [4.78, 5) is 46.3. The van der Waals surface area contributed by atoms with Gasteiger partial charge in [-0.1, -0.05) is 0 Å². The van der Waals surface area contributed by atoms with Crippen molar-refractivity contribution in [1.29, 1.82) is 0 Å². The fourth-order valence-electron chi connectivity index (χ4n) is 4.65. The van der Waals surface area contributed by atoms with Crippen molar-refractivity contribution in [2.75, 3.05) is 5.32 Å². The number of aromatic amines is 1. The smallest absolute Gasteiger partial charge is 0.194 e. The highest BCUT2D eigenvalue weighted by Crippen LogP contribution is 2.57. The Kier molecular flexibility index (Phi) is 4.45. The van der Waals surface area contributed by atoms with Crippen molar-refractivity contribution in [2.24, 2.45) is 0 Å². The number of phenols is 2. The second-order valence-corrected chi connectivity index (χ2v) is 8.65. The Morgan fingerprint density at radius 3 is 2.62 bits per heavy atom. The molecule has 4 N–H and O–H groups in total. The maximum Gasteiger partial charge on any atom is 0.194 e. The monoisotopic (exact) mass is 459 g/mol. The first-order chi connectivity index (χ1) is 16.1. The molecule has 0 fully saturated rings. The van der Waals surface area contributed by atoms with Gasteiger partial charge in [0.1, 0.15) is 34.0 Å². The number of rotatable bonds is 3. The number of aromatic nitrogens is 2. The van der Waals surface area contributed by atoms with Gasteiger partial charge >= 0.3 is 0 Å². The number of nitrogens with one attached hydrogen (secondary N) is 2. The van der Waals surface area contributed by atoms with E-state index in [4.69, 9.17) is 4.74 Å². The van der Waals surface area contributed by atoms with Gasteiger partial charge in [-0.15, -0.1) is 0 Å². The lowest BCUT2D eigenvalue weighted by Crippen LogP contribution is -2.40. The normalized spacial score (nSPS) is 20.5. The number of imidazole rings is 1. The Bertz CT molecular complexity index is 1530. The summed E-state index contributed by atoms with van der Waals surface area (Å²) in [7, 11) is 0. The Hall–Kier alpha value is -4.40. The number of allylic oxidation sites excluding steroid dienone is 4. The van der Waals surface area contributed by atoms with Gasteiger partial charge in [0.05, 0.1) is 28.5 Å². The van der Waals surface area contributed by atoms with Crippen LogP contribution in [0.5, 0.6) is 17.2 Å². The quantitative estimate of drug-likeness (QED) is 0.265. The van der Waals surface area contributed by atoms with E-state index in [1.165, 1.54) is 26.8 Å². The summed E-state index contributed by atoms with van der Waals surface area (Å²) in [5.41, 5.74) is 0.838. The van der Waals surface area contributed by atoms with E-state index in [1.807, 2.05) is 0 Å². The molecule has 9 nitrogen and oxygen atoms in total. The third-order valence-electron chi connectivity index (χ3n) is 6.51. The maximum atomic E-state index is 13.8.